The van der Waals surface area contributed by atoms with Gasteiger partial charge in [0.1, 0.15) is 5.60 Å². The molecule has 0 aliphatic carbocycles. The number of aliphatic imine (C=N–C) groups is 1. The Hall–Kier alpha value is -1.51. The third-order valence-electron chi connectivity index (χ3n) is 2.97. The summed E-state index contributed by atoms with van der Waals surface area (Å²) >= 11 is 0. The van der Waals surface area contributed by atoms with Crippen molar-refractivity contribution in [1.82, 2.24) is 15.5 Å². The van der Waals surface area contributed by atoms with Crippen LogP contribution in [0.2, 0.25) is 0 Å². The van der Waals surface area contributed by atoms with E-state index in [0.29, 0.717) is 25.6 Å². The minimum atomic E-state index is -0.480. The van der Waals surface area contributed by atoms with Gasteiger partial charge in [-0.1, -0.05) is 30.3 Å². The Morgan fingerprint density at radius 3 is 2.38 bits per heavy atom. The Bertz CT molecular complexity index is 515. The van der Waals surface area contributed by atoms with Gasteiger partial charge in [0, 0.05) is 33.7 Å². The van der Waals surface area contributed by atoms with E-state index in [9.17, 15) is 4.79 Å². The Balaban J connectivity index is 0.00000529. The first kappa shape index (κ1) is 22.5. The lowest BCUT2D eigenvalue weighted by molar-refractivity contribution is 0.0302. The van der Waals surface area contributed by atoms with E-state index in [4.69, 9.17) is 4.74 Å². The van der Waals surface area contributed by atoms with E-state index in [1.54, 1.807) is 19.0 Å². The summed E-state index contributed by atoms with van der Waals surface area (Å²) in [4.78, 5) is 17.6. The summed E-state index contributed by atoms with van der Waals surface area (Å²) in [5.74, 6) is 0.700. The van der Waals surface area contributed by atoms with Gasteiger partial charge in [-0.2, -0.15) is 0 Å². The smallest absolute Gasteiger partial charge is 0.410 e. The van der Waals surface area contributed by atoms with E-state index in [-0.39, 0.29) is 30.1 Å². The van der Waals surface area contributed by atoms with Crippen molar-refractivity contribution in [3.63, 3.8) is 0 Å². The molecule has 0 fully saturated rings. The number of hydrogen-bond donors (Lipinski definition) is 2. The van der Waals surface area contributed by atoms with Gasteiger partial charge in [-0.15, -0.1) is 24.0 Å². The fourth-order valence-electron chi connectivity index (χ4n) is 1.78. The summed E-state index contributed by atoms with van der Waals surface area (Å²) in [6, 6.07) is 10.1. The number of likely N-dealkylation sites (N-methyl/N-ethyl adjacent to an activating group) is 1. The van der Waals surface area contributed by atoms with Crippen LogP contribution in [0.15, 0.2) is 35.3 Å². The second-order valence-electron chi connectivity index (χ2n) is 6.24. The molecule has 0 saturated heterocycles. The highest BCUT2D eigenvalue weighted by molar-refractivity contribution is 14.0. The standard InChI is InChI=1S/C17H28N4O2.HI/c1-17(2,3)23-16(22)21(5)12-11-19-15(18-4)20-13-14-9-7-6-8-10-14;/h6-10H,11-13H2,1-5H3,(H2,18,19,20);1H. The van der Waals surface area contributed by atoms with Gasteiger partial charge in [0.2, 0.25) is 0 Å². The molecule has 1 aromatic rings. The Labute approximate surface area is 162 Å². The molecule has 0 saturated carbocycles. The van der Waals surface area contributed by atoms with E-state index in [0.717, 1.165) is 0 Å². The van der Waals surface area contributed by atoms with Crippen molar-refractivity contribution in [3.8, 4) is 0 Å². The van der Waals surface area contributed by atoms with Crippen LogP contribution in [-0.2, 0) is 11.3 Å². The molecule has 0 radical (unpaired) electrons. The number of benzene rings is 1. The molecule has 0 aliphatic heterocycles. The number of hydrogen-bond acceptors (Lipinski definition) is 3. The number of amides is 1. The fraction of sp³-hybridized carbons (Fsp3) is 0.529. The lowest BCUT2D eigenvalue weighted by Gasteiger charge is -2.24. The summed E-state index contributed by atoms with van der Waals surface area (Å²) in [6.45, 7) is 7.37. The maximum atomic E-state index is 11.8. The molecule has 0 aromatic heterocycles. The first-order valence-electron chi connectivity index (χ1n) is 7.74. The first-order chi connectivity index (χ1) is 10.8. The molecule has 0 heterocycles. The van der Waals surface area contributed by atoms with Crippen LogP contribution in [0.3, 0.4) is 0 Å². The number of ether oxygens (including phenoxy) is 1. The van der Waals surface area contributed by atoms with Gasteiger partial charge in [0.25, 0.3) is 0 Å². The second kappa shape index (κ2) is 11.1. The Morgan fingerprint density at radius 1 is 1.21 bits per heavy atom. The van der Waals surface area contributed by atoms with Crippen molar-refractivity contribution < 1.29 is 9.53 Å². The van der Waals surface area contributed by atoms with E-state index in [1.165, 1.54) is 5.56 Å². The number of carbonyl (C=O) groups is 1. The van der Waals surface area contributed by atoms with Crippen molar-refractivity contribution in [3.05, 3.63) is 35.9 Å². The van der Waals surface area contributed by atoms with Crippen LogP contribution in [0, 0.1) is 0 Å². The number of halogens is 1. The van der Waals surface area contributed by atoms with E-state index >= 15 is 0 Å². The molecular weight excluding hydrogens is 419 g/mol. The summed E-state index contributed by atoms with van der Waals surface area (Å²) in [7, 11) is 3.44. The molecule has 0 aliphatic rings. The van der Waals surface area contributed by atoms with Crippen LogP contribution in [-0.4, -0.2) is 49.7 Å². The third-order valence-corrected chi connectivity index (χ3v) is 2.97. The van der Waals surface area contributed by atoms with Crippen LogP contribution in [0.1, 0.15) is 26.3 Å². The van der Waals surface area contributed by atoms with Crippen LogP contribution < -0.4 is 10.6 Å². The van der Waals surface area contributed by atoms with Crippen molar-refractivity contribution >= 4 is 36.0 Å². The predicted octanol–water partition coefficient (Wildman–Crippen LogP) is 2.84. The van der Waals surface area contributed by atoms with Crippen molar-refractivity contribution in [1.29, 1.82) is 0 Å². The molecule has 0 spiro atoms. The van der Waals surface area contributed by atoms with Crippen LogP contribution >= 0.6 is 24.0 Å². The first-order valence-corrected chi connectivity index (χ1v) is 7.74. The van der Waals surface area contributed by atoms with Gasteiger partial charge in [-0.05, 0) is 26.3 Å². The molecule has 1 aromatic carbocycles. The molecular formula is C17H29IN4O2. The Morgan fingerprint density at radius 2 is 1.83 bits per heavy atom. The SMILES string of the molecule is CN=C(NCCN(C)C(=O)OC(C)(C)C)NCc1ccccc1.I. The topological polar surface area (TPSA) is 66.0 Å². The molecule has 136 valence electrons. The number of nitrogens with zero attached hydrogens (tertiary/aromatic N) is 2. The average molecular weight is 448 g/mol. The summed E-state index contributed by atoms with van der Waals surface area (Å²) in [5, 5.41) is 6.41. The molecule has 1 rings (SSSR count). The summed E-state index contributed by atoms with van der Waals surface area (Å²) < 4.78 is 5.30. The lowest BCUT2D eigenvalue weighted by atomic mass is 10.2. The second-order valence-corrected chi connectivity index (χ2v) is 6.24. The number of carbonyl (C=O) groups excluding carboxylic acids is 1. The zero-order chi connectivity index (χ0) is 17.3. The molecule has 7 heteroatoms. The lowest BCUT2D eigenvalue weighted by Crippen LogP contribution is -2.42. The van der Waals surface area contributed by atoms with Crippen LogP contribution in [0.5, 0.6) is 0 Å². The highest BCUT2D eigenvalue weighted by Crippen LogP contribution is 2.08. The molecule has 0 bridgehead atoms. The zero-order valence-corrected chi connectivity index (χ0v) is 17.5. The van der Waals surface area contributed by atoms with Crippen LogP contribution in [0.25, 0.3) is 0 Å². The van der Waals surface area contributed by atoms with E-state index in [2.05, 4.69) is 27.8 Å². The normalized spacial score (nSPS) is 11.3. The predicted molar refractivity (Wildman–Crippen MR) is 109 cm³/mol. The van der Waals surface area contributed by atoms with Gasteiger partial charge < -0.3 is 20.3 Å². The number of nitrogens with one attached hydrogen (secondary N) is 2. The molecule has 0 atom stereocenters. The van der Waals surface area contributed by atoms with E-state index in [1.807, 2.05) is 39.0 Å². The zero-order valence-electron chi connectivity index (χ0n) is 15.1. The van der Waals surface area contributed by atoms with Crippen LogP contribution in [0.4, 0.5) is 4.79 Å². The highest BCUT2D eigenvalue weighted by Gasteiger charge is 2.19. The van der Waals surface area contributed by atoms with Crippen molar-refractivity contribution in [2.45, 2.75) is 32.9 Å². The van der Waals surface area contributed by atoms with Gasteiger partial charge in [0.15, 0.2) is 5.96 Å². The Kier molecular flexibility index (Phi) is 10.4. The third kappa shape index (κ3) is 9.59. The largest absolute Gasteiger partial charge is 0.444 e. The molecule has 6 nitrogen and oxygen atoms in total. The monoisotopic (exact) mass is 448 g/mol. The average Bonchev–Trinajstić information content (AvgIpc) is 2.49. The maximum absolute atomic E-state index is 11.8. The van der Waals surface area contributed by atoms with Gasteiger partial charge in [-0.3, -0.25) is 4.99 Å². The molecule has 24 heavy (non-hydrogen) atoms. The minimum absolute atomic E-state index is 0. The molecule has 0 unspecified atom stereocenters. The number of guanidine groups is 1. The fourth-order valence-corrected chi connectivity index (χ4v) is 1.78. The highest BCUT2D eigenvalue weighted by atomic mass is 127. The van der Waals surface area contributed by atoms with Gasteiger partial charge in [0.05, 0.1) is 0 Å². The van der Waals surface area contributed by atoms with E-state index < -0.39 is 5.60 Å². The molecule has 1 amide bonds. The summed E-state index contributed by atoms with van der Waals surface area (Å²) in [5.41, 5.74) is 0.702. The quantitative estimate of drug-likeness (QED) is 0.413. The summed E-state index contributed by atoms with van der Waals surface area (Å²) in [6.07, 6.45) is -0.327. The van der Waals surface area contributed by atoms with Gasteiger partial charge in [-0.25, -0.2) is 4.79 Å². The number of rotatable bonds is 5. The minimum Gasteiger partial charge on any atom is -0.444 e. The molecule has 2 N–H and O–H groups in total. The van der Waals surface area contributed by atoms with Gasteiger partial charge >= 0.3 is 6.09 Å². The van der Waals surface area contributed by atoms with Crippen molar-refractivity contribution in [2.24, 2.45) is 4.99 Å². The van der Waals surface area contributed by atoms with Crippen molar-refractivity contribution in [2.75, 3.05) is 27.2 Å². The maximum Gasteiger partial charge on any atom is 0.410 e.